The van der Waals surface area contributed by atoms with Crippen LogP contribution in [0.3, 0.4) is 0 Å². The van der Waals surface area contributed by atoms with Crippen LogP contribution in [0.5, 0.6) is 0 Å². The van der Waals surface area contributed by atoms with Gasteiger partial charge in [-0.3, -0.25) is 14.5 Å². The first-order valence-corrected chi connectivity index (χ1v) is 8.16. The third-order valence-electron chi connectivity index (χ3n) is 3.00. The van der Waals surface area contributed by atoms with Gasteiger partial charge in [-0.2, -0.15) is 0 Å². The highest BCUT2D eigenvalue weighted by Gasteiger charge is 2.30. The topological polar surface area (TPSA) is 114 Å². The summed E-state index contributed by atoms with van der Waals surface area (Å²) in [5.74, 6) is -0.0363. The van der Waals surface area contributed by atoms with Crippen molar-refractivity contribution in [1.82, 2.24) is 10.0 Å². The van der Waals surface area contributed by atoms with Gasteiger partial charge in [-0.15, -0.1) is 0 Å². The molecule has 1 aromatic carbocycles. The fourth-order valence-corrected chi connectivity index (χ4v) is 3.21. The number of nitrogens with one attached hydrogen (secondary N) is 2. The molecule has 1 heterocycles. The van der Waals surface area contributed by atoms with E-state index in [-0.39, 0.29) is 23.2 Å². The highest BCUT2D eigenvalue weighted by molar-refractivity contribution is 7.90. The molecule has 1 aliphatic heterocycles. The fourth-order valence-electron chi connectivity index (χ4n) is 1.96. The number of aliphatic imine (C=N–C) groups is 1. The van der Waals surface area contributed by atoms with Crippen LogP contribution in [0.2, 0.25) is 0 Å². The number of sulfonamides is 1. The molecule has 0 atom stereocenters. The number of hydrogen-bond donors (Lipinski definition) is 3. The van der Waals surface area contributed by atoms with E-state index in [1.807, 2.05) is 0 Å². The maximum absolute atomic E-state index is 11.8. The molecule has 1 aromatic rings. The van der Waals surface area contributed by atoms with Crippen LogP contribution in [-0.4, -0.2) is 39.8 Å². The van der Waals surface area contributed by atoms with Crippen LogP contribution >= 0.6 is 0 Å². The van der Waals surface area contributed by atoms with Crippen LogP contribution in [0, 0.1) is 0 Å². The minimum absolute atomic E-state index is 0.116. The lowest BCUT2D eigenvalue weighted by Crippen LogP contribution is -2.29. The second kappa shape index (κ2) is 6.68. The van der Waals surface area contributed by atoms with E-state index in [0.29, 0.717) is 18.7 Å². The molecule has 1 amide bonds. The lowest BCUT2D eigenvalue weighted by molar-refractivity contribution is -0.119. The molecule has 1 aliphatic rings. The number of amides is 1. The van der Waals surface area contributed by atoms with Gasteiger partial charge in [0.05, 0.1) is 4.90 Å². The Bertz CT molecular complexity index is 655. The van der Waals surface area contributed by atoms with Crippen molar-refractivity contribution in [2.75, 3.05) is 19.6 Å². The Morgan fingerprint density at radius 3 is 2.81 bits per heavy atom. The number of amidine groups is 1. The van der Waals surface area contributed by atoms with Crippen molar-refractivity contribution < 1.29 is 13.2 Å². The number of benzene rings is 1. The lowest BCUT2D eigenvalue weighted by Gasteiger charge is -2.03. The standard InChI is InChI=1S/C13H18N4O3S/c14-7-3-4-8-15-12(18)9-16-13-10-5-1-2-6-11(10)21(19,20)17-13/h1-2,5-6H,3-4,7-9,14H2,(H,15,18)(H,16,17). The van der Waals surface area contributed by atoms with Gasteiger partial charge in [0.25, 0.3) is 10.0 Å². The average Bonchev–Trinajstić information content (AvgIpc) is 2.73. The van der Waals surface area contributed by atoms with Crippen molar-refractivity contribution in [3.63, 3.8) is 0 Å². The van der Waals surface area contributed by atoms with Crippen LogP contribution < -0.4 is 15.8 Å². The first kappa shape index (κ1) is 15.5. The minimum Gasteiger partial charge on any atom is -0.354 e. The molecule has 0 radical (unpaired) electrons. The molecule has 8 heteroatoms. The first-order valence-electron chi connectivity index (χ1n) is 6.68. The molecule has 21 heavy (non-hydrogen) atoms. The van der Waals surface area contributed by atoms with E-state index in [0.717, 1.165) is 12.8 Å². The zero-order valence-corrected chi connectivity index (χ0v) is 12.3. The summed E-state index contributed by atoms with van der Waals surface area (Å²) in [5, 5.41) is 2.71. The summed E-state index contributed by atoms with van der Waals surface area (Å²) in [7, 11) is -3.55. The number of carbonyl (C=O) groups is 1. The normalized spacial score (nSPS) is 17.3. The van der Waals surface area contributed by atoms with Gasteiger partial charge in [0.15, 0.2) is 0 Å². The van der Waals surface area contributed by atoms with Gasteiger partial charge < -0.3 is 11.1 Å². The van der Waals surface area contributed by atoms with Gasteiger partial charge in [0.1, 0.15) is 12.4 Å². The van der Waals surface area contributed by atoms with Crippen molar-refractivity contribution in [3.05, 3.63) is 29.8 Å². The predicted octanol–water partition coefficient (Wildman–Crippen LogP) is -0.420. The van der Waals surface area contributed by atoms with Crippen molar-refractivity contribution in [1.29, 1.82) is 0 Å². The summed E-state index contributed by atoms with van der Waals surface area (Å²) in [6.45, 7) is 1.02. The van der Waals surface area contributed by atoms with Gasteiger partial charge in [0.2, 0.25) is 5.91 Å². The highest BCUT2D eigenvalue weighted by Crippen LogP contribution is 2.21. The monoisotopic (exact) mass is 310 g/mol. The van der Waals surface area contributed by atoms with Crippen LogP contribution in [0.1, 0.15) is 18.4 Å². The Kier molecular flexibility index (Phi) is 4.92. The number of unbranched alkanes of at least 4 members (excludes halogenated alkanes) is 1. The quantitative estimate of drug-likeness (QED) is 0.619. The molecule has 4 N–H and O–H groups in total. The number of fused-ring (bicyclic) bond motifs is 1. The van der Waals surface area contributed by atoms with Crippen LogP contribution in [0.4, 0.5) is 0 Å². The van der Waals surface area contributed by atoms with Gasteiger partial charge in [-0.1, -0.05) is 12.1 Å². The summed E-state index contributed by atoms with van der Waals surface area (Å²) in [4.78, 5) is 15.8. The Morgan fingerprint density at radius 1 is 1.29 bits per heavy atom. The summed E-state index contributed by atoms with van der Waals surface area (Å²) in [6.07, 6.45) is 1.66. The average molecular weight is 310 g/mol. The largest absolute Gasteiger partial charge is 0.354 e. The number of nitrogens with zero attached hydrogens (tertiary/aromatic N) is 1. The summed E-state index contributed by atoms with van der Waals surface area (Å²) >= 11 is 0. The molecule has 0 unspecified atom stereocenters. The molecule has 114 valence electrons. The third kappa shape index (κ3) is 3.79. The van der Waals surface area contributed by atoms with Crippen LogP contribution in [-0.2, 0) is 14.8 Å². The Hall–Kier alpha value is -1.93. The van der Waals surface area contributed by atoms with E-state index in [4.69, 9.17) is 5.73 Å². The Balaban J connectivity index is 1.99. The second-order valence-corrected chi connectivity index (χ2v) is 6.26. The maximum Gasteiger partial charge on any atom is 0.263 e. The second-order valence-electron chi connectivity index (χ2n) is 4.61. The fraction of sp³-hybridized carbons (Fsp3) is 0.385. The Morgan fingerprint density at radius 2 is 2.05 bits per heavy atom. The molecule has 0 bridgehead atoms. The van der Waals surface area contributed by atoms with Crippen molar-refractivity contribution in [2.45, 2.75) is 17.7 Å². The van der Waals surface area contributed by atoms with Crippen molar-refractivity contribution >= 4 is 21.8 Å². The molecular weight excluding hydrogens is 292 g/mol. The molecule has 0 saturated heterocycles. The highest BCUT2D eigenvalue weighted by atomic mass is 32.2. The van der Waals surface area contributed by atoms with E-state index >= 15 is 0 Å². The van der Waals surface area contributed by atoms with Crippen LogP contribution in [0.15, 0.2) is 34.2 Å². The smallest absolute Gasteiger partial charge is 0.263 e. The number of rotatable bonds is 6. The molecule has 0 aliphatic carbocycles. The first-order chi connectivity index (χ1) is 10.0. The molecular formula is C13H18N4O3S. The third-order valence-corrected chi connectivity index (χ3v) is 4.39. The molecule has 0 spiro atoms. The molecule has 0 aromatic heterocycles. The lowest BCUT2D eigenvalue weighted by atomic mass is 10.2. The zero-order valence-electron chi connectivity index (χ0n) is 11.5. The predicted molar refractivity (Wildman–Crippen MR) is 79.5 cm³/mol. The zero-order chi connectivity index (χ0) is 15.3. The van der Waals surface area contributed by atoms with E-state index in [1.54, 1.807) is 18.2 Å². The number of hydrogen-bond acceptors (Lipinski definition) is 5. The van der Waals surface area contributed by atoms with Gasteiger partial charge in [0, 0.05) is 12.1 Å². The van der Waals surface area contributed by atoms with Gasteiger partial charge >= 0.3 is 0 Å². The Labute approximate surface area is 123 Å². The molecule has 2 rings (SSSR count). The number of carbonyl (C=O) groups excluding carboxylic acids is 1. The van der Waals surface area contributed by atoms with Gasteiger partial charge in [-0.05, 0) is 31.5 Å². The maximum atomic E-state index is 11.8. The van der Waals surface area contributed by atoms with Gasteiger partial charge in [-0.25, -0.2) is 8.42 Å². The molecule has 0 saturated carbocycles. The molecule has 0 fully saturated rings. The van der Waals surface area contributed by atoms with E-state index < -0.39 is 10.0 Å². The van der Waals surface area contributed by atoms with Crippen molar-refractivity contribution in [3.8, 4) is 0 Å². The van der Waals surface area contributed by atoms with E-state index in [9.17, 15) is 13.2 Å². The summed E-state index contributed by atoms with van der Waals surface area (Å²) < 4.78 is 26.0. The summed E-state index contributed by atoms with van der Waals surface area (Å²) in [5.41, 5.74) is 5.85. The van der Waals surface area contributed by atoms with Crippen LogP contribution in [0.25, 0.3) is 0 Å². The van der Waals surface area contributed by atoms with E-state index in [1.165, 1.54) is 6.07 Å². The number of nitrogens with two attached hydrogens (primary N) is 1. The summed E-state index contributed by atoms with van der Waals surface area (Å²) in [6, 6.07) is 6.53. The molecule has 7 nitrogen and oxygen atoms in total. The SMILES string of the molecule is NCCCCNC(=O)CN=C1NS(=O)(=O)c2ccccc21. The van der Waals surface area contributed by atoms with E-state index in [2.05, 4.69) is 15.0 Å². The minimum atomic E-state index is -3.55. The van der Waals surface area contributed by atoms with Crippen molar-refractivity contribution in [2.24, 2.45) is 10.7 Å².